The van der Waals surface area contributed by atoms with Gasteiger partial charge in [0.05, 0.1) is 6.20 Å². The van der Waals surface area contributed by atoms with E-state index in [0.717, 1.165) is 59.8 Å². The van der Waals surface area contributed by atoms with Gasteiger partial charge in [-0.3, -0.25) is 9.89 Å². The number of carbonyl (C=O) groups excluding carboxylic acids is 1. The Morgan fingerprint density at radius 1 is 1.43 bits per heavy atom. The average Bonchev–Trinajstić information content (AvgIpc) is 3.13. The van der Waals surface area contributed by atoms with Crippen molar-refractivity contribution in [2.75, 3.05) is 0 Å². The lowest BCUT2D eigenvalue weighted by Crippen LogP contribution is -2.28. The molecule has 23 heavy (non-hydrogen) atoms. The summed E-state index contributed by atoms with van der Waals surface area (Å²) in [5.74, 6) is -0.0615. The van der Waals surface area contributed by atoms with Crippen LogP contribution < -0.4 is 0 Å². The highest BCUT2D eigenvalue weighted by Crippen LogP contribution is 2.57. The fraction of sp³-hybridized carbons (Fsp3) is 0.474. The van der Waals surface area contributed by atoms with Gasteiger partial charge in [0.15, 0.2) is 5.78 Å². The number of nitrogens with zero attached hydrogens (tertiary/aromatic N) is 1. The lowest BCUT2D eigenvalue weighted by Gasteiger charge is -2.36. The number of carbonyl (C=O) groups is 1. The average molecular weight is 312 g/mol. The first-order valence-electron chi connectivity index (χ1n) is 8.47. The van der Waals surface area contributed by atoms with Gasteiger partial charge >= 0.3 is 0 Å². The normalized spacial score (nSPS) is 23.5. The van der Waals surface area contributed by atoms with E-state index in [1.807, 2.05) is 6.92 Å². The van der Waals surface area contributed by atoms with Gasteiger partial charge in [0.25, 0.3) is 0 Å². The van der Waals surface area contributed by atoms with Crippen molar-refractivity contribution in [2.24, 2.45) is 5.41 Å². The highest BCUT2D eigenvalue weighted by atomic mass is 19.1. The van der Waals surface area contributed by atoms with Crippen LogP contribution in [-0.4, -0.2) is 16.0 Å². The molecule has 120 valence electrons. The summed E-state index contributed by atoms with van der Waals surface area (Å²) in [6.07, 6.45) is 7.46. The summed E-state index contributed by atoms with van der Waals surface area (Å²) >= 11 is 0. The Bertz CT molecular complexity index is 848. The zero-order chi connectivity index (χ0) is 16.2. The van der Waals surface area contributed by atoms with Crippen LogP contribution in [0.15, 0.2) is 17.8 Å². The summed E-state index contributed by atoms with van der Waals surface area (Å²) in [4.78, 5) is 12.3. The van der Waals surface area contributed by atoms with Crippen molar-refractivity contribution < 1.29 is 9.18 Å². The highest BCUT2D eigenvalue weighted by Gasteiger charge is 2.46. The first-order chi connectivity index (χ1) is 11.1. The molecule has 0 aliphatic heterocycles. The third-order valence-electron chi connectivity index (χ3n) is 5.75. The van der Waals surface area contributed by atoms with E-state index >= 15 is 0 Å². The van der Waals surface area contributed by atoms with E-state index in [9.17, 15) is 9.18 Å². The molecule has 2 aliphatic rings. The van der Waals surface area contributed by atoms with Crippen molar-refractivity contribution >= 4 is 22.3 Å². The summed E-state index contributed by atoms with van der Waals surface area (Å²) in [5, 5.41) is 7.67. The molecule has 0 saturated heterocycles. The van der Waals surface area contributed by atoms with Crippen LogP contribution in [0.4, 0.5) is 4.39 Å². The van der Waals surface area contributed by atoms with Crippen LogP contribution in [0, 0.1) is 11.2 Å². The van der Waals surface area contributed by atoms with E-state index in [-0.39, 0.29) is 17.0 Å². The van der Waals surface area contributed by atoms with E-state index in [4.69, 9.17) is 0 Å². The number of benzene rings is 1. The molecule has 0 bridgehead atoms. The largest absolute Gasteiger partial charge is 0.295 e. The molecule has 0 fully saturated rings. The van der Waals surface area contributed by atoms with Crippen molar-refractivity contribution in [2.45, 2.75) is 52.4 Å². The molecule has 2 aliphatic carbocycles. The highest BCUT2D eigenvalue weighted by molar-refractivity contribution is 6.07. The number of hydrogen-bond acceptors (Lipinski definition) is 2. The number of halogens is 1. The quantitative estimate of drug-likeness (QED) is 0.902. The number of H-pyrrole nitrogens is 1. The Hall–Kier alpha value is -1.97. The lowest BCUT2D eigenvalue weighted by atomic mass is 9.67. The molecule has 0 radical (unpaired) electrons. The second kappa shape index (κ2) is 5.02. The molecule has 1 N–H and O–H groups in total. The van der Waals surface area contributed by atoms with Gasteiger partial charge < -0.3 is 0 Å². The van der Waals surface area contributed by atoms with Gasteiger partial charge in [-0.15, -0.1) is 0 Å². The second-order valence-corrected chi connectivity index (χ2v) is 7.03. The predicted octanol–water partition coefficient (Wildman–Crippen LogP) is 4.57. The molecule has 1 atom stereocenters. The van der Waals surface area contributed by atoms with Crippen LogP contribution in [0.2, 0.25) is 0 Å². The van der Waals surface area contributed by atoms with E-state index in [1.165, 1.54) is 0 Å². The van der Waals surface area contributed by atoms with Crippen LogP contribution in [0.3, 0.4) is 0 Å². The SMILES string of the molecule is CCCCC12CCC(=O)C(C)=C1c1cc(F)c3[nH]ncc3c1C2. The molecular formula is C19H21FN2O. The molecule has 1 unspecified atom stereocenters. The Kier molecular flexibility index (Phi) is 3.19. The summed E-state index contributed by atoms with van der Waals surface area (Å²) in [7, 11) is 0. The Labute approximate surface area is 135 Å². The van der Waals surface area contributed by atoms with Gasteiger partial charge in [-0.1, -0.05) is 19.8 Å². The molecule has 3 nitrogen and oxygen atoms in total. The van der Waals surface area contributed by atoms with Crippen LogP contribution >= 0.6 is 0 Å². The Morgan fingerprint density at radius 2 is 2.26 bits per heavy atom. The first kappa shape index (κ1) is 14.6. The van der Waals surface area contributed by atoms with Gasteiger partial charge in [0.1, 0.15) is 11.3 Å². The molecule has 0 amide bonds. The number of hydrogen-bond donors (Lipinski definition) is 1. The molecule has 1 aromatic carbocycles. The maximum absolute atomic E-state index is 14.5. The van der Waals surface area contributed by atoms with Crippen LogP contribution in [-0.2, 0) is 11.2 Å². The number of allylic oxidation sites excluding steroid dienone is 2. The number of rotatable bonds is 3. The minimum Gasteiger partial charge on any atom is -0.295 e. The van der Waals surface area contributed by atoms with Crippen LogP contribution in [0.25, 0.3) is 16.5 Å². The summed E-state index contributed by atoms with van der Waals surface area (Å²) in [5.41, 5.74) is 4.55. The summed E-state index contributed by atoms with van der Waals surface area (Å²) in [6.45, 7) is 4.11. The van der Waals surface area contributed by atoms with E-state index in [2.05, 4.69) is 17.1 Å². The minimum absolute atomic E-state index is 0.00826. The summed E-state index contributed by atoms with van der Waals surface area (Å²) in [6, 6.07) is 1.61. The predicted molar refractivity (Wildman–Crippen MR) is 88.5 cm³/mol. The number of ketones is 1. The molecule has 0 saturated carbocycles. The molecule has 2 aromatic rings. The number of aromatic nitrogens is 2. The van der Waals surface area contributed by atoms with Gasteiger partial charge in [-0.2, -0.15) is 5.10 Å². The molecule has 4 rings (SSSR count). The molecule has 4 heteroatoms. The fourth-order valence-corrected chi connectivity index (χ4v) is 4.60. The number of unbranched alkanes of at least 4 members (excludes halogenated alkanes) is 1. The number of fused-ring (bicyclic) bond motifs is 5. The number of aromatic amines is 1. The monoisotopic (exact) mass is 312 g/mol. The third kappa shape index (κ3) is 1.93. The first-order valence-corrected chi connectivity index (χ1v) is 8.47. The molecule has 0 spiro atoms. The minimum atomic E-state index is -0.277. The maximum Gasteiger partial charge on any atom is 0.158 e. The van der Waals surface area contributed by atoms with E-state index in [0.29, 0.717) is 11.9 Å². The third-order valence-corrected chi connectivity index (χ3v) is 5.75. The topological polar surface area (TPSA) is 45.8 Å². The van der Waals surface area contributed by atoms with Crippen LogP contribution in [0.1, 0.15) is 57.1 Å². The molecular weight excluding hydrogens is 291 g/mol. The Balaban J connectivity index is 1.99. The van der Waals surface area contributed by atoms with Crippen molar-refractivity contribution in [3.8, 4) is 0 Å². The zero-order valence-electron chi connectivity index (χ0n) is 13.6. The van der Waals surface area contributed by atoms with E-state index in [1.54, 1.807) is 12.3 Å². The van der Waals surface area contributed by atoms with Crippen molar-refractivity contribution in [1.29, 1.82) is 0 Å². The zero-order valence-corrected chi connectivity index (χ0v) is 13.6. The smallest absolute Gasteiger partial charge is 0.158 e. The van der Waals surface area contributed by atoms with Gasteiger partial charge in [-0.05, 0) is 54.5 Å². The molecule has 1 heterocycles. The number of nitrogens with one attached hydrogen (secondary N) is 1. The number of Topliss-reactive ketones (excluding diaryl/α,β-unsaturated/α-hetero) is 1. The summed E-state index contributed by atoms with van der Waals surface area (Å²) < 4.78 is 14.5. The van der Waals surface area contributed by atoms with Crippen LogP contribution in [0.5, 0.6) is 0 Å². The van der Waals surface area contributed by atoms with Gasteiger partial charge in [-0.25, -0.2) is 4.39 Å². The van der Waals surface area contributed by atoms with Crippen molar-refractivity contribution in [3.05, 3.63) is 34.8 Å². The van der Waals surface area contributed by atoms with E-state index < -0.39 is 0 Å². The van der Waals surface area contributed by atoms with Gasteiger partial charge in [0.2, 0.25) is 0 Å². The van der Waals surface area contributed by atoms with Gasteiger partial charge in [0, 0.05) is 17.2 Å². The maximum atomic E-state index is 14.5. The molecule has 1 aromatic heterocycles. The fourth-order valence-electron chi connectivity index (χ4n) is 4.60. The lowest BCUT2D eigenvalue weighted by molar-refractivity contribution is -0.116. The standard InChI is InChI=1S/C19H21FN2O/c1-3-4-6-19-7-5-16(23)11(2)17(19)12-8-15(20)18-14(10-21-22-18)13(12)9-19/h8,10H,3-7,9H2,1-2H3,(H,21,22). The van der Waals surface area contributed by atoms with Crippen molar-refractivity contribution in [3.63, 3.8) is 0 Å². The Morgan fingerprint density at radius 3 is 3.04 bits per heavy atom. The van der Waals surface area contributed by atoms with Crippen molar-refractivity contribution in [1.82, 2.24) is 10.2 Å². The second-order valence-electron chi connectivity index (χ2n) is 7.03.